The van der Waals surface area contributed by atoms with Crippen LogP contribution in [0, 0.1) is 12.7 Å². The lowest BCUT2D eigenvalue weighted by Gasteiger charge is -2.14. The van der Waals surface area contributed by atoms with Crippen LogP contribution in [0.2, 0.25) is 0 Å². The molecule has 3 amide bonds. The molecule has 0 radical (unpaired) electrons. The lowest BCUT2D eigenvalue weighted by atomic mass is 10.1. The second-order valence-electron chi connectivity index (χ2n) is 9.24. The van der Waals surface area contributed by atoms with E-state index in [1.807, 2.05) is 31.2 Å². The lowest BCUT2D eigenvalue weighted by molar-refractivity contribution is -0.127. The average molecular weight is 550 g/mol. The van der Waals surface area contributed by atoms with Crippen molar-refractivity contribution in [1.29, 1.82) is 0 Å². The summed E-state index contributed by atoms with van der Waals surface area (Å²) < 4.78 is 52.2. The first-order valence-corrected chi connectivity index (χ1v) is 12.2. The monoisotopic (exact) mass is 549 g/mol. The molecule has 0 aliphatic carbocycles. The number of fused-ring (bicyclic) bond motifs is 1. The lowest BCUT2D eigenvalue weighted by Crippen LogP contribution is -2.20. The number of hydrogen-bond donors (Lipinski definition) is 5. The first-order chi connectivity index (χ1) is 19.0. The summed E-state index contributed by atoms with van der Waals surface area (Å²) in [6, 6.07) is 16.2. The Morgan fingerprint density at radius 2 is 1.75 bits per heavy atom. The Kier molecular flexibility index (Phi) is 7.03. The van der Waals surface area contributed by atoms with E-state index in [9.17, 15) is 27.2 Å². The highest BCUT2D eigenvalue weighted by Crippen LogP contribution is 2.36. The van der Waals surface area contributed by atoms with Crippen LogP contribution < -0.4 is 21.3 Å². The molecular formula is C29H23F4N5O2. The van der Waals surface area contributed by atoms with E-state index in [1.54, 1.807) is 36.5 Å². The number of H-pyrrole nitrogens is 1. The quantitative estimate of drug-likeness (QED) is 0.128. The standard InChI is InChI=1S/C29H23F4N5O2/c1-16-4-6-20(36-28(40)38-26-11-17(5-9-23(26)30)15-29(31,32)33)13-24(16)35-19-7-8-21-22(12-18-3-2-10-34-18)27(39)37-25(21)14-19/h2-14,34-35H,15H2,1H3,(H,37,39)(H2,36,38,40). The van der Waals surface area contributed by atoms with Gasteiger partial charge < -0.3 is 26.3 Å². The van der Waals surface area contributed by atoms with Gasteiger partial charge in [0.25, 0.3) is 5.91 Å². The normalized spacial score (nSPS) is 13.6. The summed E-state index contributed by atoms with van der Waals surface area (Å²) in [5, 5.41) is 11.0. The van der Waals surface area contributed by atoms with Crippen LogP contribution in [0.25, 0.3) is 11.6 Å². The molecular weight excluding hydrogens is 526 g/mol. The van der Waals surface area contributed by atoms with E-state index in [4.69, 9.17) is 0 Å². The summed E-state index contributed by atoms with van der Waals surface area (Å²) >= 11 is 0. The molecule has 3 aromatic carbocycles. The first kappa shape index (κ1) is 26.5. The Labute approximate surface area is 226 Å². The number of anilines is 5. The molecule has 0 spiro atoms. The smallest absolute Gasteiger partial charge is 0.362 e. The molecule has 0 bridgehead atoms. The highest BCUT2D eigenvalue weighted by Gasteiger charge is 2.28. The van der Waals surface area contributed by atoms with Crippen LogP contribution in [0.4, 0.5) is 50.8 Å². The van der Waals surface area contributed by atoms with Crippen molar-refractivity contribution in [3.05, 3.63) is 101 Å². The number of urea groups is 1. The van der Waals surface area contributed by atoms with Gasteiger partial charge in [0.15, 0.2) is 0 Å². The summed E-state index contributed by atoms with van der Waals surface area (Å²) in [5.41, 5.74) is 4.78. The van der Waals surface area contributed by atoms with Gasteiger partial charge in [-0.3, -0.25) is 4.79 Å². The SMILES string of the molecule is Cc1ccc(NC(=O)Nc2cc(CC(F)(F)F)ccc2F)cc1Nc1ccc2c(c1)NC(=O)C2=Cc1ccc[nH]1. The minimum Gasteiger partial charge on any atom is -0.362 e. The predicted molar refractivity (Wildman–Crippen MR) is 147 cm³/mol. The zero-order chi connectivity index (χ0) is 28.4. The molecule has 1 aliphatic heterocycles. The molecule has 5 rings (SSSR count). The van der Waals surface area contributed by atoms with E-state index in [2.05, 4.69) is 26.3 Å². The fraction of sp³-hybridized carbons (Fsp3) is 0.103. The number of hydrogen-bond acceptors (Lipinski definition) is 3. The van der Waals surface area contributed by atoms with Gasteiger partial charge in [-0.2, -0.15) is 13.2 Å². The molecule has 4 aromatic rings. The van der Waals surface area contributed by atoms with Crippen LogP contribution in [-0.4, -0.2) is 23.1 Å². The zero-order valence-electron chi connectivity index (χ0n) is 21.0. The summed E-state index contributed by atoms with van der Waals surface area (Å²) in [7, 11) is 0. The zero-order valence-corrected chi connectivity index (χ0v) is 21.0. The van der Waals surface area contributed by atoms with Gasteiger partial charge >= 0.3 is 12.2 Å². The molecule has 5 N–H and O–H groups in total. The van der Waals surface area contributed by atoms with Crippen LogP contribution in [0.1, 0.15) is 22.4 Å². The second-order valence-corrected chi connectivity index (χ2v) is 9.24. The van der Waals surface area contributed by atoms with Gasteiger partial charge in [-0.15, -0.1) is 0 Å². The van der Waals surface area contributed by atoms with Crippen LogP contribution in [0.5, 0.6) is 0 Å². The molecule has 0 fully saturated rings. The van der Waals surface area contributed by atoms with E-state index < -0.39 is 24.4 Å². The number of benzene rings is 3. The van der Waals surface area contributed by atoms with Crippen molar-refractivity contribution >= 4 is 52.0 Å². The minimum atomic E-state index is -4.46. The molecule has 7 nitrogen and oxygen atoms in total. The summed E-state index contributed by atoms with van der Waals surface area (Å²) in [5.74, 6) is -1.07. The first-order valence-electron chi connectivity index (χ1n) is 12.2. The molecule has 0 unspecified atom stereocenters. The van der Waals surface area contributed by atoms with Crippen LogP contribution in [0.15, 0.2) is 72.9 Å². The van der Waals surface area contributed by atoms with Gasteiger partial charge in [-0.05, 0) is 72.7 Å². The van der Waals surface area contributed by atoms with Crippen LogP contribution in [-0.2, 0) is 11.2 Å². The van der Waals surface area contributed by atoms with E-state index in [0.29, 0.717) is 28.3 Å². The number of alkyl halides is 3. The molecule has 11 heteroatoms. The van der Waals surface area contributed by atoms with Gasteiger partial charge in [-0.25, -0.2) is 9.18 Å². The van der Waals surface area contributed by atoms with Crippen molar-refractivity contribution in [3.63, 3.8) is 0 Å². The van der Waals surface area contributed by atoms with Crippen molar-refractivity contribution < 1.29 is 27.2 Å². The molecule has 0 saturated heterocycles. The fourth-order valence-corrected chi connectivity index (χ4v) is 4.29. The fourth-order valence-electron chi connectivity index (χ4n) is 4.29. The van der Waals surface area contributed by atoms with Crippen molar-refractivity contribution in [2.45, 2.75) is 19.5 Å². The molecule has 0 saturated carbocycles. The Hall–Kier alpha value is -5.06. The maximum atomic E-state index is 14.1. The number of aromatic amines is 1. The molecule has 40 heavy (non-hydrogen) atoms. The maximum absolute atomic E-state index is 14.1. The van der Waals surface area contributed by atoms with Crippen molar-refractivity contribution in [3.8, 4) is 0 Å². The van der Waals surface area contributed by atoms with Crippen LogP contribution >= 0.6 is 0 Å². The van der Waals surface area contributed by atoms with Crippen LogP contribution in [0.3, 0.4) is 0 Å². The number of carbonyl (C=O) groups is 2. The summed E-state index contributed by atoms with van der Waals surface area (Å²) in [6.07, 6.45) is -2.16. The van der Waals surface area contributed by atoms with Crippen molar-refractivity contribution in [2.75, 3.05) is 21.3 Å². The highest BCUT2D eigenvalue weighted by molar-refractivity contribution is 6.35. The number of amides is 3. The Bertz CT molecular complexity index is 1630. The molecule has 1 aromatic heterocycles. The molecule has 1 aliphatic rings. The number of nitrogens with one attached hydrogen (secondary N) is 5. The molecule has 0 atom stereocenters. The number of halogens is 4. The Balaban J connectivity index is 1.29. The van der Waals surface area contributed by atoms with Gasteiger partial charge in [0.2, 0.25) is 0 Å². The summed E-state index contributed by atoms with van der Waals surface area (Å²) in [4.78, 5) is 28.1. The number of aryl methyl sites for hydroxylation is 1. The predicted octanol–water partition coefficient (Wildman–Crippen LogP) is 7.45. The van der Waals surface area contributed by atoms with Gasteiger partial charge in [0, 0.05) is 34.5 Å². The largest absolute Gasteiger partial charge is 0.393 e. The third-order valence-electron chi connectivity index (χ3n) is 6.18. The van der Waals surface area contributed by atoms with E-state index >= 15 is 0 Å². The van der Waals surface area contributed by atoms with Gasteiger partial charge in [-0.1, -0.05) is 18.2 Å². The molecule has 2 heterocycles. The Morgan fingerprint density at radius 3 is 2.50 bits per heavy atom. The second kappa shape index (κ2) is 10.6. The van der Waals surface area contributed by atoms with Gasteiger partial charge in [0.1, 0.15) is 5.82 Å². The van der Waals surface area contributed by atoms with E-state index in [0.717, 1.165) is 35.0 Å². The number of rotatable bonds is 6. The highest BCUT2D eigenvalue weighted by atomic mass is 19.4. The number of carbonyl (C=O) groups excluding carboxylic acids is 2. The third-order valence-corrected chi connectivity index (χ3v) is 6.18. The van der Waals surface area contributed by atoms with Crippen molar-refractivity contribution in [1.82, 2.24) is 4.98 Å². The Morgan fingerprint density at radius 1 is 0.950 bits per heavy atom. The minimum absolute atomic E-state index is 0.177. The van der Waals surface area contributed by atoms with E-state index in [-0.39, 0.29) is 17.2 Å². The van der Waals surface area contributed by atoms with Gasteiger partial charge in [0.05, 0.1) is 23.4 Å². The molecule has 204 valence electrons. The third kappa shape index (κ3) is 6.15. The summed E-state index contributed by atoms with van der Waals surface area (Å²) in [6.45, 7) is 1.86. The average Bonchev–Trinajstić information content (AvgIpc) is 3.50. The topological polar surface area (TPSA) is 98.0 Å². The number of aromatic nitrogens is 1. The van der Waals surface area contributed by atoms with Crippen molar-refractivity contribution in [2.24, 2.45) is 0 Å². The maximum Gasteiger partial charge on any atom is 0.393 e. The van der Waals surface area contributed by atoms with E-state index in [1.165, 1.54) is 0 Å².